The molecule has 0 radical (unpaired) electrons. The van der Waals surface area contributed by atoms with Crippen LogP contribution in [0.5, 0.6) is 11.6 Å². The average molecular weight is 402 g/mol. The van der Waals surface area contributed by atoms with Crippen LogP contribution in [0, 0.1) is 6.92 Å². The van der Waals surface area contributed by atoms with Gasteiger partial charge in [0.25, 0.3) is 0 Å². The standard InChI is InChI=1S/C24H26N4O2/c1-15-5-4-12-25-24(15)30-23-20(18-13-26-27(14-18)19-7-8-19)10-11-22-21(23)9-6-16(2)28(22)17(3)29/h4-5,10-14,16,19H,6-9H2,1-3H3. The molecule has 6 nitrogen and oxygen atoms in total. The molecule has 6 heteroatoms. The quantitative estimate of drug-likeness (QED) is 0.611. The van der Waals surface area contributed by atoms with Gasteiger partial charge in [-0.2, -0.15) is 5.10 Å². The number of rotatable bonds is 4. The second kappa shape index (κ2) is 7.27. The lowest BCUT2D eigenvalue weighted by Crippen LogP contribution is -2.40. The zero-order valence-electron chi connectivity index (χ0n) is 17.6. The average Bonchev–Trinajstić information content (AvgIpc) is 3.46. The van der Waals surface area contributed by atoms with Gasteiger partial charge in [0.15, 0.2) is 0 Å². The topological polar surface area (TPSA) is 60.2 Å². The molecule has 1 aliphatic heterocycles. The molecule has 1 unspecified atom stereocenters. The lowest BCUT2D eigenvalue weighted by atomic mass is 9.92. The van der Waals surface area contributed by atoms with Crippen molar-refractivity contribution in [1.82, 2.24) is 14.8 Å². The fraction of sp³-hybridized carbons (Fsp3) is 0.375. The van der Waals surface area contributed by atoms with Crippen molar-refractivity contribution >= 4 is 11.6 Å². The fourth-order valence-electron chi connectivity index (χ4n) is 4.32. The Morgan fingerprint density at radius 1 is 1.20 bits per heavy atom. The molecule has 2 aromatic heterocycles. The van der Waals surface area contributed by atoms with Gasteiger partial charge in [0.1, 0.15) is 5.75 Å². The van der Waals surface area contributed by atoms with Gasteiger partial charge in [-0.1, -0.05) is 6.07 Å². The van der Waals surface area contributed by atoms with E-state index in [0.29, 0.717) is 11.9 Å². The van der Waals surface area contributed by atoms with E-state index in [1.807, 2.05) is 36.2 Å². The lowest BCUT2D eigenvalue weighted by Gasteiger charge is -2.35. The monoisotopic (exact) mass is 402 g/mol. The smallest absolute Gasteiger partial charge is 0.224 e. The van der Waals surface area contributed by atoms with Crippen LogP contribution in [0.2, 0.25) is 0 Å². The fourth-order valence-corrected chi connectivity index (χ4v) is 4.32. The summed E-state index contributed by atoms with van der Waals surface area (Å²) in [5, 5.41) is 4.57. The maximum Gasteiger partial charge on any atom is 0.224 e. The van der Waals surface area contributed by atoms with Gasteiger partial charge in [0.2, 0.25) is 11.8 Å². The highest BCUT2D eigenvalue weighted by molar-refractivity contribution is 5.95. The molecule has 3 aromatic rings. The van der Waals surface area contributed by atoms with E-state index in [4.69, 9.17) is 4.74 Å². The van der Waals surface area contributed by atoms with Crippen LogP contribution in [0.1, 0.15) is 50.3 Å². The van der Waals surface area contributed by atoms with Gasteiger partial charge in [0.05, 0.1) is 17.9 Å². The van der Waals surface area contributed by atoms with E-state index in [1.54, 1.807) is 13.1 Å². The molecule has 0 saturated heterocycles. The van der Waals surface area contributed by atoms with E-state index in [1.165, 1.54) is 12.8 Å². The second-order valence-corrected chi connectivity index (χ2v) is 8.38. The number of benzene rings is 1. The van der Waals surface area contributed by atoms with Gasteiger partial charge < -0.3 is 9.64 Å². The molecule has 1 aromatic carbocycles. The largest absolute Gasteiger partial charge is 0.438 e. The van der Waals surface area contributed by atoms with E-state index in [-0.39, 0.29) is 11.9 Å². The highest BCUT2D eigenvalue weighted by atomic mass is 16.5. The first-order valence-electron chi connectivity index (χ1n) is 10.6. The number of anilines is 1. The SMILES string of the molecule is CC(=O)N1c2ccc(-c3cnn(C4CC4)c3)c(Oc3ncccc3C)c2CCC1C. The highest BCUT2D eigenvalue weighted by Gasteiger charge is 2.31. The van der Waals surface area contributed by atoms with Gasteiger partial charge in [-0.25, -0.2) is 4.98 Å². The number of pyridine rings is 1. The molecule has 1 atom stereocenters. The Bertz CT molecular complexity index is 1120. The zero-order chi connectivity index (χ0) is 20.8. The molecule has 1 amide bonds. The zero-order valence-corrected chi connectivity index (χ0v) is 17.6. The lowest BCUT2D eigenvalue weighted by molar-refractivity contribution is -0.117. The van der Waals surface area contributed by atoms with Crippen molar-refractivity contribution < 1.29 is 9.53 Å². The number of nitrogens with zero attached hydrogens (tertiary/aromatic N) is 4. The van der Waals surface area contributed by atoms with Crippen molar-refractivity contribution in [1.29, 1.82) is 0 Å². The molecule has 1 fully saturated rings. The van der Waals surface area contributed by atoms with Crippen molar-refractivity contribution in [3.05, 3.63) is 54.0 Å². The maximum absolute atomic E-state index is 12.4. The Kier molecular flexibility index (Phi) is 4.57. The number of carbonyl (C=O) groups is 1. The second-order valence-electron chi connectivity index (χ2n) is 8.38. The van der Waals surface area contributed by atoms with Crippen LogP contribution in [-0.4, -0.2) is 26.7 Å². The third-order valence-electron chi connectivity index (χ3n) is 6.08. The summed E-state index contributed by atoms with van der Waals surface area (Å²) in [6.45, 7) is 5.72. The van der Waals surface area contributed by atoms with Crippen LogP contribution in [0.4, 0.5) is 5.69 Å². The molecular formula is C24H26N4O2. The Balaban J connectivity index is 1.66. The molecule has 1 aliphatic carbocycles. The molecule has 0 spiro atoms. The number of carbonyl (C=O) groups excluding carboxylic acids is 1. The third kappa shape index (κ3) is 3.26. The summed E-state index contributed by atoms with van der Waals surface area (Å²) in [6, 6.07) is 8.69. The van der Waals surface area contributed by atoms with E-state index in [2.05, 4.69) is 34.0 Å². The molecule has 154 valence electrons. The number of aromatic nitrogens is 3. The normalized spacial score (nSPS) is 18.2. The molecule has 5 rings (SSSR count). The van der Waals surface area contributed by atoms with Crippen molar-refractivity contribution in [2.45, 2.75) is 58.5 Å². The van der Waals surface area contributed by atoms with Gasteiger partial charge in [-0.15, -0.1) is 0 Å². The first-order chi connectivity index (χ1) is 14.5. The number of ether oxygens (including phenoxy) is 1. The van der Waals surface area contributed by atoms with Crippen molar-refractivity contribution in [2.24, 2.45) is 0 Å². The minimum atomic E-state index is 0.0534. The summed E-state index contributed by atoms with van der Waals surface area (Å²) in [7, 11) is 0. The van der Waals surface area contributed by atoms with E-state index >= 15 is 0 Å². The number of fused-ring (bicyclic) bond motifs is 1. The minimum Gasteiger partial charge on any atom is -0.438 e. The Labute approximate surface area is 176 Å². The van der Waals surface area contributed by atoms with Crippen molar-refractivity contribution in [3.8, 4) is 22.8 Å². The van der Waals surface area contributed by atoms with Gasteiger partial charge >= 0.3 is 0 Å². The molecule has 1 saturated carbocycles. The summed E-state index contributed by atoms with van der Waals surface area (Å²) < 4.78 is 8.51. The third-order valence-corrected chi connectivity index (χ3v) is 6.08. The van der Waals surface area contributed by atoms with Gasteiger partial charge in [-0.05, 0) is 57.7 Å². The highest BCUT2D eigenvalue weighted by Crippen LogP contribution is 2.45. The van der Waals surface area contributed by atoms with Gasteiger partial charge in [-0.3, -0.25) is 9.48 Å². The van der Waals surface area contributed by atoms with E-state index in [0.717, 1.165) is 46.5 Å². The molecule has 3 heterocycles. The molecule has 2 aliphatic rings. The molecule has 0 N–H and O–H groups in total. The van der Waals surface area contributed by atoms with Crippen LogP contribution < -0.4 is 9.64 Å². The predicted molar refractivity (Wildman–Crippen MR) is 116 cm³/mol. The van der Waals surface area contributed by atoms with Crippen LogP contribution in [-0.2, 0) is 11.2 Å². The number of aryl methyl sites for hydroxylation is 1. The number of hydrogen-bond donors (Lipinski definition) is 0. The molecular weight excluding hydrogens is 376 g/mol. The number of hydrogen-bond acceptors (Lipinski definition) is 4. The molecule has 0 bridgehead atoms. The van der Waals surface area contributed by atoms with E-state index < -0.39 is 0 Å². The van der Waals surface area contributed by atoms with Crippen LogP contribution in [0.3, 0.4) is 0 Å². The summed E-state index contributed by atoms with van der Waals surface area (Å²) >= 11 is 0. The first-order valence-corrected chi connectivity index (χ1v) is 10.6. The predicted octanol–water partition coefficient (Wildman–Crippen LogP) is 5.07. The first kappa shape index (κ1) is 18.9. The van der Waals surface area contributed by atoms with Crippen LogP contribution in [0.15, 0.2) is 42.9 Å². The summed E-state index contributed by atoms with van der Waals surface area (Å²) in [5.74, 6) is 1.43. The van der Waals surface area contributed by atoms with Crippen LogP contribution >= 0.6 is 0 Å². The Morgan fingerprint density at radius 2 is 2.03 bits per heavy atom. The number of amides is 1. The maximum atomic E-state index is 12.4. The van der Waals surface area contributed by atoms with Crippen LogP contribution in [0.25, 0.3) is 11.1 Å². The Hall–Kier alpha value is -3.15. The van der Waals surface area contributed by atoms with Crippen molar-refractivity contribution in [2.75, 3.05) is 4.90 Å². The van der Waals surface area contributed by atoms with E-state index in [9.17, 15) is 4.79 Å². The minimum absolute atomic E-state index is 0.0534. The summed E-state index contributed by atoms with van der Waals surface area (Å²) in [4.78, 5) is 18.7. The Morgan fingerprint density at radius 3 is 2.77 bits per heavy atom. The van der Waals surface area contributed by atoms with Crippen molar-refractivity contribution in [3.63, 3.8) is 0 Å². The molecule has 30 heavy (non-hydrogen) atoms. The van der Waals surface area contributed by atoms with Gasteiger partial charge in [0, 0.05) is 47.6 Å². The summed E-state index contributed by atoms with van der Waals surface area (Å²) in [6.07, 6.45) is 9.88. The summed E-state index contributed by atoms with van der Waals surface area (Å²) in [5.41, 5.74) is 4.99.